The van der Waals surface area contributed by atoms with Crippen LogP contribution in [0, 0.1) is 5.82 Å². The van der Waals surface area contributed by atoms with E-state index in [-0.39, 0.29) is 5.02 Å². The minimum absolute atomic E-state index is 0.0721. The number of aromatic nitrogens is 2. The summed E-state index contributed by atoms with van der Waals surface area (Å²) in [7, 11) is 0. The monoisotopic (exact) mass is 312 g/mol. The fourth-order valence-electron chi connectivity index (χ4n) is 2.19. The van der Waals surface area contributed by atoms with Crippen molar-refractivity contribution < 1.29 is 8.81 Å². The maximum atomic E-state index is 13.7. The number of furan rings is 1. The van der Waals surface area contributed by atoms with Crippen LogP contribution in [0.2, 0.25) is 5.02 Å². The molecule has 2 heterocycles. The van der Waals surface area contributed by atoms with Crippen LogP contribution in [0.15, 0.2) is 35.1 Å². The predicted molar refractivity (Wildman–Crippen MR) is 76.9 cm³/mol. The van der Waals surface area contributed by atoms with Crippen molar-refractivity contribution in [3.05, 3.63) is 53.0 Å². The Morgan fingerprint density at radius 2 is 2.20 bits per heavy atom. The Morgan fingerprint density at radius 3 is 2.90 bits per heavy atom. The van der Waals surface area contributed by atoms with Gasteiger partial charge < -0.3 is 8.98 Å². The number of halogens is 3. The van der Waals surface area contributed by atoms with E-state index >= 15 is 0 Å². The first kappa shape index (κ1) is 13.5. The molecule has 0 spiro atoms. The van der Waals surface area contributed by atoms with Crippen LogP contribution in [-0.4, -0.2) is 15.4 Å². The average molecular weight is 313 g/mol. The molecule has 3 nitrogen and oxygen atoms in total. The van der Waals surface area contributed by atoms with Gasteiger partial charge in [0.2, 0.25) is 0 Å². The highest BCUT2D eigenvalue weighted by molar-refractivity contribution is 6.31. The summed E-state index contributed by atoms with van der Waals surface area (Å²) in [6, 6.07) is 4.81. The van der Waals surface area contributed by atoms with Crippen LogP contribution in [0.1, 0.15) is 11.4 Å². The molecule has 0 radical (unpaired) electrons. The summed E-state index contributed by atoms with van der Waals surface area (Å²) in [5.74, 6) is 0.799. The van der Waals surface area contributed by atoms with Gasteiger partial charge in [-0.3, -0.25) is 0 Å². The summed E-state index contributed by atoms with van der Waals surface area (Å²) < 4.78 is 20.7. The molecule has 0 atom stereocenters. The Bertz CT molecular complexity index is 737. The van der Waals surface area contributed by atoms with Gasteiger partial charge in [0.1, 0.15) is 11.6 Å². The van der Waals surface area contributed by atoms with Gasteiger partial charge in [-0.05, 0) is 12.1 Å². The molecule has 0 aliphatic carbocycles. The second-order valence-corrected chi connectivity index (χ2v) is 5.22. The Hall–Kier alpha value is -1.52. The summed E-state index contributed by atoms with van der Waals surface area (Å²) in [4.78, 5) is 4.48. The number of hydrogen-bond acceptors (Lipinski definition) is 2. The van der Waals surface area contributed by atoms with Gasteiger partial charge in [-0.2, -0.15) is 0 Å². The summed E-state index contributed by atoms with van der Waals surface area (Å²) >= 11 is 11.6. The molecule has 3 rings (SSSR count). The predicted octanol–water partition coefficient (Wildman–Crippen LogP) is 4.25. The first-order valence-electron chi connectivity index (χ1n) is 6.10. The first-order valence-corrected chi connectivity index (χ1v) is 7.01. The minimum atomic E-state index is -0.454. The molecule has 0 aliphatic rings. The van der Waals surface area contributed by atoms with E-state index in [9.17, 15) is 4.39 Å². The van der Waals surface area contributed by atoms with Gasteiger partial charge in [0.15, 0.2) is 0 Å². The van der Waals surface area contributed by atoms with Crippen LogP contribution in [-0.2, 0) is 13.0 Å². The number of rotatable bonds is 4. The van der Waals surface area contributed by atoms with Crippen LogP contribution in [0.25, 0.3) is 11.0 Å². The smallest absolute Gasteiger partial charge is 0.144 e. The maximum absolute atomic E-state index is 13.7. The van der Waals surface area contributed by atoms with Gasteiger partial charge in [0.25, 0.3) is 0 Å². The highest BCUT2D eigenvalue weighted by Gasteiger charge is 2.14. The number of hydrogen-bond donors (Lipinski definition) is 0. The van der Waals surface area contributed by atoms with Gasteiger partial charge in [-0.1, -0.05) is 11.6 Å². The number of alkyl halides is 1. The molecule has 0 aliphatic heterocycles. The van der Waals surface area contributed by atoms with E-state index in [1.807, 2.05) is 10.6 Å². The minimum Gasteiger partial charge on any atom is -0.472 e. The molecule has 104 valence electrons. The number of aryl methyl sites for hydroxylation is 1. The average Bonchev–Trinajstić information content (AvgIpc) is 3.02. The van der Waals surface area contributed by atoms with E-state index in [1.165, 1.54) is 12.1 Å². The molecule has 3 aromatic rings. The highest BCUT2D eigenvalue weighted by atomic mass is 35.5. The Kier molecular flexibility index (Phi) is 3.68. The van der Waals surface area contributed by atoms with Crippen molar-refractivity contribution in [2.45, 2.75) is 13.0 Å². The molecule has 2 aromatic heterocycles. The SMILES string of the molecule is Fc1cc2c(cc1Cl)nc(CCCl)n2Cc1ccoc1. The standard InChI is InChI=1S/C14H11Cl2FN2O/c15-3-1-14-18-12-5-10(16)11(17)6-13(12)19(14)7-9-2-4-20-8-9/h2,4-6,8H,1,3,7H2. The van der Waals surface area contributed by atoms with E-state index in [4.69, 9.17) is 27.6 Å². The number of fused-ring (bicyclic) bond motifs is 1. The molecule has 0 saturated carbocycles. The Labute approximate surface area is 124 Å². The lowest BCUT2D eigenvalue weighted by Gasteiger charge is -2.07. The van der Waals surface area contributed by atoms with Crippen molar-refractivity contribution in [3.63, 3.8) is 0 Å². The van der Waals surface area contributed by atoms with Gasteiger partial charge in [-0.15, -0.1) is 11.6 Å². The molecule has 20 heavy (non-hydrogen) atoms. The lowest BCUT2D eigenvalue weighted by molar-refractivity contribution is 0.562. The van der Waals surface area contributed by atoms with Crippen molar-refractivity contribution in [3.8, 4) is 0 Å². The molecular weight excluding hydrogens is 302 g/mol. The lowest BCUT2D eigenvalue weighted by atomic mass is 10.3. The number of nitrogens with zero attached hydrogens (tertiary/aromatic N) is 2. The van der Waals surface area contributed by atoms with Crippen LogP contribution < -0.4 is 0 Å². The zero-order chi connectivity index (χ0) is 14.1. The number of benzene rings is 1. The summed E-state index contributed by atoms with van der Waals surface area (Å²) in [6.07, 6.45) is 3.86. The van der Waals surface area contributed by atoms with Crippen molar-refractivity contribution >= 4 is 34.2 Å². The van der Waals surface area contributed by atoms with Crippen LogP contribution in [0.3, 0.4) is 0 Å². The van der Waals surface area contributed by atoms with Crippen molar-refractivity contribution in [1.82, 2.24) is 9.55 Å². The zero-order valence-electron chi connectivity index (χ0n) is 10.4. The second-order valence-electron chi connectivity index (χ2n) is 4.44. The Balaban J connectivity index is 2.15. The first-order chi connectivity index (χ1) is 9.69. The molecule has 0 N–H and O–H groups in total. The van der Waals surface area contributed by atoms with E-state index < -0.39 is 5.82 Å². The van der Waals surface area contributed by atoms with Crippen molar-refractivity contribution in [2.75, 3.05) is 5.88 Å². The molecule has 6 heteroatoms. The topological polar surface area (TPSA) is 31.0 Å². The van der Waals surface area contributed by atoms with Crippen molar-refractivity contribution in [1.29, 1.82) is 0 Å². The van der Waals surface area contributed by atoms with Gasteiger partial charge in [0.05, 0.1) is 35.1 Å². The van der Waals surface area contributed by atoms with Crippen molar-refractivity contribution in [2.24, 2.45) is 0 Å². The quantitative estimate of drug-likeness (QED) is 0.674. The molecule has 0 fully saturated rings. The van der Waals surface area contributed by atoms with E-state index in [0.717, 1.165) is 11.4 Å². The fraction of sp³-hybridized carbons (Fsp3) is 0.214. The Morgan fingerprint density at radius 1 is 1.35 bits per heavy atom. The molecule has 0 saturated heterocycles. The number of imidazole rings is 1. The highest BCUT2D eigenvalue weighted by Crippen LogP contribution is 2.25. The van der Waals surface area contributed by atoms with E-state index in [1.54, 1.807) is 12.5 Å². The maximum Gasteiger partial charge on any atom is 0.144 e. The van der Waals surface area contributed by atoms with Gasteiger partial charge >= 0.3 is 0 Å². The normalized spacial score (nSPS) is 11.3. The molecule has 0 amide bonds. The lowest BCUT2D eigenvalue weighted by Crippen LogP contribution is -2.05. The molecular formula is C14H11Cl2FN2O. The summed E-state index contributed by atoms with van der Waals surface area (Å²) in [5, 5.41) is 0.0721. The second kappa shape index (κ2) is 5.46. The van der Waals surface area contributed by atoms with E-state index in [0.29, 0.717) is 29.9 Å². The zero-order valence-corrected chi connectivity index (χ0v) is 12.0. The van der Waals surface area contributed by atoms with Gasteiger partial charge in [-0.25, -0.2) is 9.37 Å². The molecule has 0 bridgehead atoms. The molecule has 0 unspecified atom stereocenters. The third-order valence-corrected chi connectivity index (χ3v) is 3.59. The van der Waals surface area contributed by atoms with Crippen LogP contribution in [0.4, 0.5) is 4.39 Å². The summed E-state index contributed by atoms with van der Waals surface area (Å²) in [5.41, 5.74) is 2.35. The largest absolute Gasteiger partial charge is 0.472 e. The summed E-state index contributed by atoms with van der Waals surface area (Å²) in [6.45, 7) is 0.556. The van der Waals surface area contributed by atoms with E-state index in [2.05, 4.69) is 4.98 Å². The third-order valence-electron chi connectivity index (χ3n) is 3.11. The molecule has 1 aromatic carbocycles. The van der Waals surface area contributed by atoms with Gasteiger partial charge in [0, 0.05) is 23.9 Å². The van der Waals surface area contributed by atoms with Crippen LogP contribution in [0.5, 0.6) is 0 Å². The fourth-order valence-corrected chi connectivity index (χ4v) is 2.51. The van der Waals surface area contributed by atoms with Crippen LogP contribution >= 0.6 is 23.2 Å². The third kappa shape index (κ3) is 2.41.